The maximum Gasteiger partial charge on any atom is 0.223 e. The number of hydrogen-bond acceptors (Lipinski definition) is 2. The van der Waals surface area contributed by atoms with Gasteiger partial charge in [0.05, 0.1) is 0 Å². The van der Waals surface area contributed by atoms with Gasteiger partial charge in [-0.1, -0.05) is 19.3 Å². The molecule has 3 heteroatoms. The van der Waals surface area contributed by atoms with Crippen molar-refractivity contribution in [3.8, 4) is 0 Å². The van der Waals surface area contributed by atoms with E-state index in [2.05, 4.69) is 0 Å². The van der Waals surface area contributed by atoms with Crippen molar-refractivity contribution in [3.05, 3.63) is 0 Å². The van der Waals surface area contributed by atoms with Crippen molar-refractivity contribution in [1.29, 1.82) is 0 Å². The summed E-state index contributed by atoms with van der Waals surface area (Å²) in [4.78, 5) is 10.2. The molecule has 1 fully saturated rings. The Balaban J connectivity index is 2.30. The summed E-state index contributed by atoms with van der Waals surface area (Å²) in [6.45, 7) is 0. The second kappa shape index (κ2) is 3.56. The smallest absolute Gasteiger partial charge is 0.223 e. The molecule has 0 aliphatic heterocycles. The number of rotatable bonds is 2. The van der Waals surface area contributed by atoms with Crippen molar-refractivity contribution in [2.24, 2.45) is 5.84 Å². The first kappa shape index (κ1) is 7.54. The Hall–Kier alpha value is -0.570. The average Bonchev–Trinajstić information content (AvgIpc) is 2.05. The number of carbonyl (C=O) groups is 1. The Bertz CT molecular complexity index is 110. The molecule has 0 atom stereocenters. The highest BCUT2D eigenvalue weighted by Gasteiger charge is 2.16. The minimum atomic E-state index is 0.311. The van der Waals surface area contributed by atoms with Gasteiger partial charge in [-0.2, -0.15) is 0 Å². The van der Waals surface area contributed by atoms with E-state index in [1.807, 2.05) is 0 Å². The van der Waals surface area contributed by atoms with Crippen LogP contribution in [0.1, 0.15) is 32.1 Å². The molecule has 1 saturated carbocycles. The van der Waals surface area contributed by atoms with Crippen LogP contribution in [0.2, 0.25) is 0 Å². The molecule has 0 heterocycles. The third-order valence-electron chi connectivity index (χ3n) is 2.12. The highest BCUT2D eigenvalue weighted by molar-refractivity contribution is 5.46. The Morgan fingerprint density at radius 3 is 2.40 bits per heavy atom. The number of hydrazine groups is 1. The molecule has 1 aliphatic rings. The van der Waals surface area contributed by atoms with Crippen LogP contribution in [0.5, 0.6) is 0 Å². The number of amides is 1. The van der Waals surface area contributed by atoms with Crippen molar-refractivity contribution in [1.82, 2.24) is 5.01 Å². The third-order valence-corrected chi connectivity index (χ3v) is 2.12. The number of hydrogen-bond donors (Lipinski definition) is 1. The number of nitrogens with two attached hydrogens (primary N) is 1. The van der Waals surface area contributed by atoms with Gasteiger partial charge in [-0.05, 0) is 12.8 Å². The van der Waals surface area contributed by atoms with E-state index >= 15 is 0 Å². The molecule has 58 valence electrons. The lowest BCUT2D eigenvalue weighted by Crippen LogP contribution is -2.40. The van der Waals surface area contributed by atoms with Gasteiger partial charge in [0.2, 0.25) is 6.41 Å². The van der Waals surface area contributed by atoms with Crippen molar-refractivity contribution >= 4 is 6.41 Å². The highest BCUT2D eigenvalue weighted by atomic mass is 16.1. The fraction of sp³-hybridized carbons (Fsp3) is 0.857. The monoisotopic (exact) mass is 142 g/mol. The van der Waals surface area contributed by atoms with Gasteiger partial charge in [-0.3, -0.25) is 9.80 Å². The summed E-state index contributed by atoms with van der Waals surface area (Å²) in [5.74, 6) is 5.41. The summed E-state index contributed by atoms with van der Waals surface area (Å²) in [5.41, 5.74) is 0. The normalized spacial score (nSPS) is 20.5. The summed E-state index contributed by atoms with van der Waals surface area (Å²) in [7, 11) is 0. The standard InChI is InChI=1S/C7H14N2O/c8-9(6-10)7-4-2-1-3-5-7/h6-7H,1-5,8H2. The van der Waals surface area contributed by atoms with E-state index in [1.54, 1.807) is 0 Å². The molecular formula is C7H14N2O. The fourth-order valence-electron chi connectivity index (χ4n) is 1.47. The van der Waals surface area contributed by atoms with Crippen LogP contribution in [-0.4, -0.2) is 17.5 Å². The maximum atomic E-state index is 10.2. The molecule has 0 spiro atoms. The number of carbonyl (C=O) groups excluding carboxylic acids is 1. The van der Waals surface area contributed by atoms with E-state index in [-0.39, 0.29) is 0 Å². The summed E-state index contributed by atoms with van der Waals surface area (Å²) in [6.07, 6.45) is 6.60. The Morgan fingerprint density at radius 1 is 1.30 bits per heavy atom. The molecule has 0 bridgehead atoms. The van der Waals surface area contributed by atoms with Gasteiger partial charge in [-0.25, -0.2) is 5.84 Å². The predicted octanol–water partition coefficient (Wildman–Crippen LogP) is 0.651. The molecular weight excluding hydrogens is 128 g/mol. The lowest BCUT2D eigenvalue weighted by molar-refractivity contribution is -0.121. The minimum absolute atomic E-state index is 0.311. The van der Waals surface area contributed by atoms with Crippen LogP contribution in [0.25, 0.3) is 0 Å². The highest BCUT2D eigenvalue weighted by Crippen LogP contribution is 2.19. The molecule has 3 nitrogen and oxygen atoms in total. The number of nitrogens with zero attached hydrogens (tertiary/aromatic N) is 1. The largest absolute Gasteiger partial charge is 0.280 e. The summed E-state index contributed by atoms with van der Waals surface area (Å²) >= 11 is 0. The lowest BCUT2D eigenvalue weighted by atomic mass is 9.95. The van der Waals surface area contributed by atoms with Crippen LogP contribution < -0.4 is 5.84 Å². The van der Waals surface area contributed by atoms with Crippen LogP contribution in [-0.2, 0) is 4.79 Å². The summed E-state index contributed by atoms with van der Waals surface area (Å²) in [6, 6.07) is 0.311. The van der Waals surface area contributed by atoms with Crippen LogP contribution in [0.3, 0.4) is 0 Å². The lowest BCUT2D eigenvalue weighted by Gasteiger charge is -2.27. The first-order valence-corrected chi connectivity index (χ1v) is 3.83. The van der Waals surface area contributed by atoms with Gasteiger partial charge in [0.25, 0.3) is 0 Å². The molecule has 0 saturated heterocycles. The van der Waals surface area contributed by atoms with E-state index in [9.17, 15) is 4.79 Å². The second-order valence-electron chi connectivity index (χ2n) is 2.84. The molecule has 1 amide bonds. The zero-order valence-corrected chi connectivity index (χ0v) is 6.12. The molecule has 0 aromatic rings. The van der Waals surface area contributed by atoms with Crippen LogP contribution in [0.15, 0.2) is 0 Å². The first-order valence-electron chi connectivity index (χ1n) is 3.83. The van der Waals surface area contributed by atoms with Crippen LogP contribution in [0, 0.1) is 0 Å². The molecule has 1 rings (SSSR count). The van der Waals surface area contributed by atoms with Gasteiger partial charge >= 0.3 is 0 Å². The van der Waals surface area contributed by atoms with E-state index < -0.39 is 0 Å². The van der Waals surface area contributed by atoms with Crippen molar-refractivity contribution in [2.45, 2.75) is 38.1 Å². The van der Waals surface area contributed by atoms with Crippen molar-refractivity contribution < 1.29 is 4.79 Å². The SMILES string of the molecule is NN(C=O)C1CCCCC1. The zero-order valence-electron chi connectivity index (χ0n) is 6.12. The first-order chi connectivity index (χ1) is 4.84. The Kier molecular flexibility index (Phi) is 2.68. The van der Waals surface area contributed by atoms with Gasteiger partial charge in [0, 0.05) is 6.04 Å². The van der Waals surface area contributed by atoms with Crippen molar-refractivity contribution in [3.63, 3.8) is 0 Å². The van der Waals surface area contributed by atoms with E-state index in [1.165, 1.54) is 24.3 Å². The molecule has 0 radical (unpaired) electrons. The Labute approximate surface area is 61.2 Å². The zero-order chi connectivity index (χ0) is 7.40. The fourth-order valence-corrected chi connectivity index (χ4v) is 1.47. The topological polar surface area (TPSA) is 46.3 Å². The molecule has 10 heavy (non-hydrogen) atoms. The van der Waals surface area contributed by atoms with Gasteiger partial charge < -0.3 is 0 Å². The third kappa shape index (κ3) is 1.70. The molecule has 0 unspecified atom stereocenters. The molecule has 2 N–H and O–H groups in total. The van der Waals surface area contributed by atoms with Gasteiger partial charge in [-0.15, -0.1) is 0 Å². The van der Waals surface area contributed by atoms with Crippen LogP contribution >= 0.6 is 0 Å². The minimum Gasteiger partial charge on any atom is -0.280 e. The van der Waals surface area contributed by atoms with E-state index in [0.29, 0.717) is 6.04 Å². The second-order valence-corrected chi connectivity index (χ2v) is 2.84. The van der Waals surface area contributed by atoms with Gasteiger partial charge in [0.15, 0.2) is 0 Å². The van der Waals surface area contributed by atoms with E-state index in [4.69, 9.17) is 5.84 Å². The van der Waals surface area contributed by atoms with Gasteiger partial charge in [0.1, 0.15) is 0 Å². The summed E-state index contributed by atoms with van der Waals surface area (Å²) in [5, 5.41) is 1.30. The van der Waals surface area contributed by atoms with E-state index in [0.717, 1.165) is 19.3 Å². The molecule has 1 aliphatic carbocycles. The average molecular weight is 142 g/mol. The quantitative estimate of drug-likeness (QED) is 0.266. The Morgan fingerprint density at radius 2 is 1.90 bits per heavy atom. The molecule has 0 aromatic carbocycles. The van der Waals surface area contributed by atoms with Crippen molar-refractivity contribution in [2.75, 3.05) is 0 Å². The van der Waals surface area contributed by atoms with Crippen LogP contribution in [0.4, 0.5) is 0 Å². The molecule has 0 aromatic heterocycles. The summed E-state index contributed by atoms with van der Waals surface area (Å²) < 4.78 is 0. The maximum absolute atomic E-state index is 10.2. The predicted molar refractivity (Wildman–Crippen MR) is 39.0 cm³/mol.